The number of ether oxygens (including phenoxy) is 1. The summed E-state index contributed by atoms with van der Waals surface area (Å²) in [7, 11) is -4.44. The Kier molecular flexibility index (Phi) is 8.61. The minimum Gasteiger partial charge on any atom is -0.445 e. The number of hydrogen-bond donors (Lipinski definition) is 4. The Balaban J connectivity index is 2.60. The molecule has 0 saturated heterocycles. The van der Waals surface area contributed by atoms with Crippen LogP contribution < -0.4 is 10.6 Å². The van der Waals surface area contributed by atoms with Crippen LogP contribution in [0.5, 0.6) is 0 Å². The molecule has 0 unspecified atom stereocenters. The number of hydrogen-bond acceptors (Lipinski definition) is 4. The molecule has 0 bridgehead atoms. The van der Waals surface area contributed by atoms with Gasteiger partial charge in [0.25, 0.3) is 0 Å². The van der Waals surface area contributed by atoms with E-state index in [0.717, 1.165) is 12.0 Å². The van der Waals surface area contributed by atoms with Gasteiger partial charge in [-0.2, -0.15) is 0 Å². The molecule has 1 rings (SSSR count). The van der Waals surface area contributed by atoms with Crippen molar-refractivity contribution in [2.24, 2.45) is 0 Å². The van der Waals surface area contributed by atoms with Crippen LogP contribution in [0.15, 0.2) is 30.3 Å². The van der Waals surface area contributed by atoms with Crippen molar-refractivity contribution in [3.05, 3.63) is 35.9 Å². The lowest BCUT2D eigenvalue weighted by molar-refractivity contribution is -0.123. The number of alkyl carbamates (subject to hydrolysis) is 1. The van der Waals surface area contributed by atoms with E-state index in [1.54, 1.807) is 12.1 Å². The topological polar surface area (TPSA) is 125 Å². The first-order valence-corrected chi connectivity index (χ1v) is 9.75. The summed E-state index contributed by atoms with van der Waals surface area (Å²) in [4.78, 5) is 42.2. The van der Waals surface area contributed by atoms with E-state index in [0.29, 0.717) is 12.8 Å². The molecule has 0 saturated carbocycles. The highest BCUT2D eigenvalue weighted by Crippen LogP contribution is 2.39. The Morgan fingerprint density at radius 1 is 1.20 bits per heavy atom. The van der Waals surface area contributed by atoms with Gasteiger partial charge in [-0.15, -0.1) is 0 Å². The third-order valence-electron chi connectivity index (χ3n) is 3.52. The van der Waals surface area contributed by atoms with Crippen LogP contribution in [-0.4, -0.2) is 33.6 Å². The van der Waals surface area contributed by atoms with Crippen molar-refractivity contribution >= 4 is 19.6 Å². The predicted molar refractivity (Wildman–Crippen MR) is 92.7 cm³/mol. The van der Waals surface area contributed by atoms with Gasteiger partial charge >= 0.3 is 13.7 Å². The van der Waals surface area contributed by atoms with E-state index in [2.05, 4.69) is 10.6 Å². The van der Waals surface area contributed by atoms with Gasteiger partial charge in [0.1, 0.15) is 18.4 Å². The zero-order valence-electron chi connectivity index (χ0n) is 14.3. The van der Waals surface area contributed by atoms with Gasteiger partial charge in [0.05, 0.1) is 0 Å². The molecule has 0 radical (unpaired) electrons. The molecule has 140 valence electrons. The molecule has 0 heterocycles. The van der Waals surface area contributed by atoms with E-state index in [1.165, 1.54) is 6.92 Å². The number of rotatable bonds is 9. The van der Waals surface area contributed by atoms with Gasteiger partial charge in [-0.3, -0.25) is 9.36 Å². The summed E-state index contributed by atoms with van der Waals surface area (Å²) in [5.41, 5.74) is 0.808. The number of unbranched alkanes of at least 4 members (excludes halogenated alkanes) is 1. The molecular weight excluding hydrogens is 347 g/mol. The van der Waals surface area contributed by atoms with Crippen molar-refractivity contribution in [2.75, 3.05) is 0 Å². The molecule has 0 aromatic heterocycles. The van der Waals surface area contributed by atoms with Crippen molar-refractivity contribution in [2.45, 2.75) is 51.5 Å². The number of nitrogens with one attached hydrogen (secondary N) is 2. The van der Waals surface area contributed by atoms with Crippen molar-refractivity contribution < 1.29 is 28.7 Å². The maximum Gasteiger partial charge on any atom is 0.408 e. The van der Waals surface area contributed by atoms with E-state index in [9.17, 15) is 14.2 Å². The molecule has 9 heteroatoms. The summed E-state index contributed by atoms with van der Waals surface area (Å²) in [5.74, 6) is -1.98. The Morgan fingerprint density at radius 2 is 1.84 bits per heavy atom. The molecule has 25 heavy (non-hydrogen) atoms. The molecule has 0 spiro atoms. The third-order valence-corrected chi connectivity index (χ3v) is 4.66. The molecule has 0 aliphatic carbocycles. The summed E-state index contributed by atoms with van der Waals surface area (Å²) in [6.07, 6.45) is 1.06. The molecular formula is C16H25N2O6P. The maximum absolute atomic E-state index is 12.2. The summed E-state index contributed by atoms with van der Waals surface area (Å²) in [5, 5.41) is 4.69. The van der Waals surface area contributed by atoms with Crippen LogP contribution in [0.4, 0.5) is 4.79 Å². The molecule has 0 aliphatic heterocycles. The fourth-order valence-electron chi connectivity index (χ4n) is 1.97. The van der Waals surface area contributed by atoms with Crippen LogP contribution in [-0.2, 0) is 20.7 Å². The third kappa shape index (κ3) is 8.16. The van der Waals surface area contributed by atoms with Crippen LogP contribution in [0, 0.1) is 0 Å². The highest BCUT2D eigenvalue weighted by atomic mass is 31.2. The first-order chi connectivity index (χ1) is 11.7. The lowest BCUT2D eigenvalue weighted by Gasteiger charge is -2.21. The van der Waals surface area contributed by atoms with Crippen molar-refractivity contribution in [1.29, 1.82) is 0 Å². The van der Waals surface area contributed by atoms with Gasteiger partial charge in [-0.05, 0) is 18.9 Å². The average molecular weight is 372 g/mol. The lowest BCUT2D eigenvalue weighted by Crippen LogP contribution is -2.49. The van der Waals surface area contributed by atoms with Crippen LogP contribution in [0.3, 0.4) is 0 Å². The maximum atomic E-state index is 12.2. The van der Waals surface area contributed by atoms with Crippen molar-refractivity contribution in [1.82, 2.24) is 10.6 Å². The molecule has 4 N–H and O–H groups in total. The van der Waals surface area contributed by atoms with Crippen molar-refractivity contribution in [3.8, 4) is 0 Å². The van der Waals surface area contributed by atoms with E-state index in [4.69, 9.17) is 14.5 Å². The second kappa shape index (κ2) is 10.2. The largest absolute Gasteiger partial charge is 0.445 e. The smallest absolute Gasteiger partial charge is 0.408 e. The number of carbonyl (C=O) groups excluding carboxylic acids is 2. The second-order valence-electron chi connectivity index (χ2n) is 5.67. The molecule has 2 atom stereocenters. The van der Waals surface area contributed by atoms with E-state index in [1.807, 2.05) is 25.1 Å². The van der Waals surface area contributed by atoms with Gasteiger partial charge < -0.3 is 25.2 Å². The SMILES string of the molecule is CCCC[C@H](NC(=O)OCc1ccccc1)C(=O)N[C@@H](C)P(=O)(O)O. The minimum atomic E-state index is -4.44. The quantitative estimate of drug-likeness (QED) is 0.492. The highest BCUT2D eigenvalue weighted by molar-refractivity contribution is 7.52. The summed E-state index contributed by atoms with van der Waals surface area (Å²) < 4.78 is 16.2. The van der Waals surface area contributed by atoms with Crippen LogP contribution >= 0.6 is 7.60 Å². The summed E-state index contributed by atoms with van der Waals surface area (Å²) in [6, 6.07) is 8.16. The molecule has 2 amide bonds. The highest BCUT2D eigenvalue weighted by Gasteiger charge is 2.29. The molecule has 1 aromatic carbocycles. The minimum absolute atomic E-state index is 0.0632. The first kappa shape index (κ1) is 21.2. The first-order valence-electron chi connectivity index (χ1n) is 8.06. The van der Waals surface area contributed by atoms with Gasteiger partial charge in [0, 0.05) is 0 Å². The Morgan fingerprint density at radius 3 is 2.40 bits per heavy atom. The van der Waals surface area contributed by atoms with E-state index < -0.39 is 31.4 Å². The molecule has 0 aliphatic rings. The van der Waals surface area contributed by atoms with Crippen LogP contribution in [0.2, 0.25) is 0 Å². The normalized spacial score (nSPS) is 13.6. The van der Waals surface area contributed by atoms with Gasteiger partial charge in [-0.25, -0.2) is 4.79 Å². The van der Waals surface area contributed by atoms with Crippen molar-refractivity contribution in [3.63, 3.8) is 0 Å². The monoisotopic (exact) mass is 372 g/mol. The fourth-order valence-corrected chi connectivity index (χ4v) is 2.27. The van der Waals surface area contributed by atoms with Gasteiger partial charge in [0.15, 0.2) is 0 Å². The summed E-state index contributed by atoms with van der Waals surface area (Å²) in [6.45, 7) is 3.21. The Bertz CT molecular complexity index is 604. The molecule has 8 nitrogen and oxygen atoms in total. The summed E-state index contributed by atoms with van der Waals surface area (Å²) >= 11 is 0. The second-order valence-corrected chi connectivity index (χ2v) is 7.63. The Hall–Kier alpha value is -1.89. The lowest BCUT2D eigenvalue weighted by atomic mass is 10.1. The number of carbonyl (C=O) groups is 2. The van der Waals surface area contributed by atoms with Crippen LogP contribution in [0.25, 0.3) is 0 Å². The van der Waals surface area contributed by atoms with Crippen LogP contribution in [0.1, 0.15) is 38.7 Å². The number of amides is 2. The molecule has 1 aromatic rings. The zero-order valence-corrected chi connectivity index (χ0v) is 15.2. The zero-order chi connectivity index (χ0) is 18.9. The van der Waals surface area contributed by atoms with E-state index >= 15 is 0 Å². The average Bonchev–Trinajstić information content (AvgIpc) is 2.56. The van der Waals surface area contributed by atoms with Gasteiger partial charge in [-0.1, -0.05) is 50.1 Å². The van der Waals surface area contributed by atoms with Gasteiger partial charge in [0.2, 0.25) is 5.91 Å². The predicted octanol–water partition coefficient (Wildman–Crippen LogP) is 2.11. The standard InChI is InChI=1S/C16H25N2O6P/c1-3-4-10-14(15(19)17-12(2)25(21,22)23)18-16(20)24-11-13-8-6-5-7-9-13/h5-9,12,14H,3-4,10-11H2,1-2H3,(H,17,19)(H,18,20)(H2,21,22,23)/t12-,14+/m1/s1. The molecule has 0 fully saturated rings. The fraction of sp³-hybridized carbons (Fsp3) is 0.500. The Labute approximate surface area is 147 Å². The number of benzene rings is 1. The van der Waals surface area contributed by atoms with E-state index in [-0.39, 0.29) is 6.61 Å².